The Balaban J connectivity index is 1.76. The van der Waals surface area contributed by atoms with E-state index in [1.165, 1.54) is 25.8 Å². The van der Waals surface area contributed by atoms with Crippen LogP contribution in [-0.4, -0.2) is 61.0 Å². The number of likely N-dealkylation sites (tertiary alicyclic amines) is 2. The number of amides is 1. The first-order valence-corrected chi connectivity index (χ1v) is 9.33. The summed E-state index contributed by atoms with van der Waals surface area (Å²) >= 11 is 0. The lowest BCUT2D eigenvalue weighted by atomic mass is 9.92. The number of piperidine rings is 1. The summed E-state index contributed by atoms with van der Waals surface area (Å²) in [6.45, 7) is 8.68. The summed E-state index contributed by atoms with van der Waals surface area (Å²) in [6.07, 6.45) is 8.39. The molecular weight excluding hydrogens is 274 g/mol. The van der Waals surface area contributed by atoms with Crippen LogP contribution < -0.4 is 5.32 Å². The number of nitrogens with zero attached hydrogens (tertiary/aromatic N) is 2. The van der Waals surface area contributed by atoms with Crippen LogP contribution in [0.3, 0.4) is 0 Å². The van der Waals surface area contributed by atoms with E-state index in [4.69, 9.17) is 0 Å². The molecule has 1 N–H and O–H groups in total. The number of hydrogen-bond acceptors (Lipinski definition) is 3. The summed E-state index contributed by atoms with van der Waals surface area (Å²) in [6, 6.07) is 1.39. The zero-order valence-electron chi connectivity index (χ0n) is 14.8. The highest BCUT2D eigenvalue weighted by Crippen LogP contribution is 2.24. The first kappa shape index (κ1) is 17.7. The molecule has 22 heavy (non-hydrogen) atoms. The van der Waals surface area contributed by atoms with Gasteiger partial charge in [0.25, 0.3) is 0 Å². The van der Waals surface area contributed by atoms with Crippen molar-refractivity contribution < 1.29 is 4.79 Å². The van der Waals surface area contributed by atoms with E-state index in [1.54, 1.807) is 0 Å². The highest BCUT2D eigenvalue weighted by Gasteiger charge is 2.30. The van der Waals surface area contributed by atoms with E-state index in [1.807, 2.05) is 0 Å². The van der Waals surface area contributed by atoms with Crippen LogP contribution in [0.4, 0.5) is 0 Å². The molecule has 0 bridgehead atoms. The second-order valence-electron chi connectivity index (χ2n) is 7.33. The zero-order chi connectivity index (χ0) is 15.9. The Hall–Kier alpha value is -0.610. The molecule has 2 saturated heterocycles. The first-order valence-electron chi connectivity index (χ1n) is 9.33. The summed E-state index contributed by atoms with van der Waals surface area (Å²) in [5, 5.41) is 3.12. The van der Waals surface area contributed by atoms with Crippen molar-refractivity contribution in [1.82, 2.24) is 15.1 Å². The van der Waals surface area contributed by atoms with Gasteiger partial charge in [-0.2, -0.15) is 0 Å². The number of hydrogen-bond donors (Lipinski definition) is 1. The third-order valence-electron chi connectivity index (χ3n) is 5.63. The van der Waals surface area contributed by atoms with Crippen LogP contribution in [-0.2, 0) is 4.79 Å². The second kappa shape index (κ2) is 8.88. The smallest absolute Gasteiger partial charge is 0.224 e. The van der Waals surface area contributed by atoms with Crippen LogP contribution in [0.1, 0.15) is 58.8 Å². The maximum absolute atomic E-state index is 12.3. The van der Waals surface area contributed by atoms with Gasteiger partial charge in [-0.3, -0.25) is 9.69 Å². The lowest BCUT2D eigenvalue weighted by Crippen LogP contribution is -2.48. The van der Waals surface area contributed by atoms with Crippen molar-refractivity contribution in [2.24, 2.45) is 5.92 Å². The van der Waals surface area contributed by atoms with E-state index in [0.717, 1.165) is 51.4 Å². The zero-order valence-corrected chi connectivity index (χ0v) is 14.8. The molecule has 1 amide bonds. The van der Waals surface area contributed by atoms with E-state index >= 15 is 0 Å². The molecule has 2 rings (SSSR count). The first-order chi connectivity index (χ1) is 10.6. The maximum Gasteiger partial charge on any atom is 0.224 e. The second-order valence-corrected chi connectivity index (χ2v) is 7.33. The van der Waals surface area contributed by atoms with Gasteiger partial charge in [-0.05, 0) is 65.6 Å². The molecule has 4 nitrogen and oxygen atoms in total. The normalized spacial score (nSPS) is 30.6. The molecule has 128 valence electrons. The van der Waals surface area contributed by atoms with Gasteiger partial charge in [0, 0.05) is 25.2 Å². The average molecular weight is 309 g/mol. The molecule has 0 radical (unpaired) electrons. The Morgan fingerprint density at radius 1 is 1.27 bits per heavy atom. The van der Waals surface area contributed by atoms with E-state index in [9.17, 15) is 4.79 Å². The molecule has 4 heteroatoms. The molecule has 3 atom stereocenters. The van der Waals surface area contributed by atoms with Gasteiger partial charge >= 0.3 is 0 Å². The van der Waals surface area contributed by atoms with Crippen molar-refractivity contribution in [3.8, 4) is 0 Å². The van der Waals surface area contributed by atoms with Crippen LogP contribution in [0.5, 0.6) is 0 Å². The number of unbranched alkanes of at least 4 members (excludes halogenated alkanes) is 1. The highest BCUT2D eigenvalue weighted by molar-refractivity contribution is 5.78. The molecule has 0 aromatic heterocycles. The fraction of sp³-hybridized carbons (Fsp3) is 0.944. The average Bonchev–Trinajstić information content (AvgIpc) is 2.92. The predicted molar refractivity (Wildman–Crippen MR) is 91.9 cm³/mol. The minimum Gasteiger partial charge on any atom is -0.356 e. The van der Waals surface area contributed by atoms with E-state index in [-0.39, 0.29) is 11.8 Å². The fourth-order valence-electron chi connectivity index (χ4n) is 3.90. The quantitative estimate of drug-likeness (QED) is 0.734. The highest BCUT2D eigenvalue weighted by atomic mass is 16.1. The summed E-state index contributed by atoms with van der Waals surface area (Å²) in [4.78, 5) is 17.4. The topological polar surface area (TPSA) is 35.6 Å². The summed E-state index contributed by atoms with van der Waals surface area (Å²) in [7, 11) is 2.25. The number of carbonyl (C=O) groups is 1. The summed E-state index contributed by atoms with van der Waals surface area (Å²) in [5.41, 5.74) is 0. The Morgan fingerprint density at radius 3 is 2.77 bits per heavy atom. The molecule has 0 aromatic rings. The third-order valence-corrected chi connectivity index (χ3v) is 5.63. The Kier molecular flexibility index (Phi) is 7.16. The summed E-state index contributed by atoms with van der Waals surface area (Å²) < 4.78 is 0. The minimum absolute atomic E-state index is 0.203. The van der Waals surface area contributed by atoms with Crippen molar-refractivity contribution >= 4 is 5.91 Å². The van der Waals surface area contributed by atoms with Gasteiger partial charge in [-0.25, -0.2) is 0 Å². The molecule has 0 saturated carbocycles. The molecule has 0 unspecified atom stereocenters. The minimum atomic E-state index is 0.203. The van der Waals surface area contributed by atoms with Gasteiger partial charge < -0.3 is 10.2 Å². The molecule has 2 heterocycles. The maximum atomic E-state index is 12.3. The lowest BCUT2D eigenvalue weighted by molar-refractivity contribution is -0.127. The SMILES string of the molecule is CCCCNC(=O)[C@@H]1CC[C@@H](C)N(CC[C@H]2CCCN2C)C1. The standard InChI is InChI=1S/C18H35N3O/c1-4-5-11-19-18(22)16-9-8-15(2)21(14-16)13-10-17-7-6-12-20(17)3/h15-17H,4-14H2,1-3H3,(H,19,22)/t15-,16-,17-/m1/s1. The molecule has 2 fully saturated rings. The van der Waals surface area contributed by atoms with Crippen molar-refractivity contribution in [1.29, 1.82) is 0 Å². The predicted octanol–water partition coefficient (Wildman–Crippen LogP) is 2.49. The van der Waals surface area contributed by atoms with E-state index in [0.29, 0.717) is 6.04 Å². The largest absolute Gasteiger partial charge is 0.356 e. The molecule has 0 aliphatic carbocycles. The molecule has 0 aromatic carbocycles. The van der Waals surface area contributed by atoms with E-state index in [2.05, 4.69) is 36.0 Å². The van der Waals surface area contributed by atoms with Gasteiger partial charge in [0.05, 0.1) is 5.92 Å². The summed E-state index contributed by atoms with van der Waals surface area (Å²) in [5.74, 6) is 0.484. The van der Waals surface area contributed by atoms with Gasteiger partial charge in [-0.1, -0.05) is 13.3 Å². The third kappa shape index (κ3) is 4.95. The molecular formula is C18H35N3O. The molecule has 0 spiro atoms. The fourth-order valence-corrected chi connectivity index (χ4v) is 3.90. The van der Waals surface area contributed by atoms with Crippen LogP contribution >= 0.6 is 0 Å². The van der Waals surface area contributed by atoms with Crippen LogP contribution in [0.2, 0.25) is 0 Å². The van der Waals surface area contributed by atoms with Gasteiger partial charge in [-0.15, -0.1) is 0 Å². The number of carbonyl (C=O) groups excluding carboxylic acids is 1. The van der Waals surface area contributed by atoms with Crippen molar-refractivity contribution in [3.05, 3.63) is 0 Å². The lowest BCUT2D eigenvalue weighted by Gasteiger charge is -2.38. The Bertz CT molecular complexity index is 347. The number of nitrogens with one attached hydrogen (secondary N) is 1. The van der Waals surface area contributed by atoms with Crippen molar-refractivity contribution in [2.75, 3.05) is 33.2 Å². The Labute approximate surface area is 136 Å². The van der Waals surface area contributed by atoms with Crippen LogP contribution in [0.25, 0.3) is 0 Å². The van der Waals surface area contributed by atoms with E-state index < -0.39 is 0 Å². The van der Waals surface area contributed by atoms with Crippen LogP contribution in [0, 0.1) is 5.92 Å². The van der Waals surface area contributed by atoms with Gasteiger partial charge in [0.1, 0.15) is 0 Å². The van der Waals surface area contributed by atoms with Crippen molar-refractivity contribution in [2.45, 2.75) is 70.9 Å². The monoisotopic (exact) mass is 309 g/mol. The van der Waals surface area contributed by atoms with Gasteiger partial charge in [0.15, 0.2) is 0 Å². The van der Waals surface area contributed by atoms with Crippen LogP contribution in [0.15, 0.2) is 0 Å². The Morgan fingerprint density at radius 2 is 2.09 bits per heavy atom. The van der Waals surface area contributed by atoms with Crippen molar-refractivity contribution in [3.63, 3.8) is 0 Å². The number of rotatable bonds is 7. The molecule has 2 aliphatic heterocycles. The molecule has 2 aliphatic rings. The van der Waals surface area contributed by atoms with Gasteiger partial charge in [0.2, 0.25) is 5.91 Å².